The van der Waals surface area contributed by atoms with Gasteiger partial charge >= 0.3 is 0 Å². The molecule has 0 aromatic heterocycles. The van der Waals surface area contributed by atoms with Gasteiger partial charge in [0.25, 0.3) is 0 Å². The summed E-state index contributed by atoms with van der Waals surface area (Å²) < 4.78 is 0. The molecule has 5 nitrogen and oxygen atoms in total. The molecule has 3 fully saturated rings. The third kappa shape index (κ3) is 5.53. The average molecular weight is 371 g/mol. The van der Waals surface area contributed by atoms with E-state index in [1.165, 1.54) is 5.56 Å². The van der Waals surface area contributed by atoms with E-state index in [1.54, 1.807) is 0 Å². The van der Waals surface area contributed by atoms with Gasteiger partial charge in [0.1, 0.15) is 0 Å². The van der Waals surface area contributed by atoms with E-state index in [-0.39, 0.29) is 5.92 Å². The minimum atomic E-state index is 0.139. The van der Waals surface area contributed by atoms with Gasteiger partial charge < -0.3 is 15.1 Å². The largest absolute Gasteiger partial charge is 0.353 e. The van der Waals surface area contributed by atoms with Crippen molar-refractivity contribution in [1.82, 2.24) is 20.0 Å². The molecule has 5 heteroatoms. The zero-order valence-electron chi connectivity index (χ0n) is 16.6. The molecule has 1 saturated carbocycles. The number of carbonyl (C=O) groups excluding carboxylic acids is 1. The van der Waals surface area contributed by atoms with Gasteiger partial charge in [-0.3, -0.25) is 9.69 Å². The molecule has 4 rings (SSSR count). The van der Waals surface area contributed by atoms with Crippen LogP contribution in [0.5, 0.6) is 0 Å². The Labute approximate surface area is 163 Å². The molecule has 2 aliphatic heterocycles. The minimum Gasteiger partial charge on any atom is -0.353 e. The highest BCUT2D eigenvalue weighted by Gasteiger charge is 2.35. The second-order valence-electron chi connectivity index (χ2n) is 8.87. The maximum Gasteiger partial charge on any atom is 0.224 e. The molecule has 1 aromatic rings. The molecule has 2 saturated heterocycles. The van der Waals surface area contributed by atoms with Gasteiger partial charge in [0, 0.05) is 58.4 Å². The lowest BCUT2D eigenvalue weighted by atomic mass is 9.87. The summed E-state index contributed by atoms with van der Waals surface area (Å²) in [6, 6.07) is 11.1. The van der Waals surface area contributed by atoms with Crippen LogP contribution >= 0.6 is 0 Å². The predicted molar refractivity (Wildman–Crippen MR) is 108 cm³/mol. The zero-order valence-corrected chi connectivity index (χ0v) is 16.6. The number of nitrogens with one attached hydrogen (secondary N) is 1. The smallest absolute Gasteiger partial charge is 0.224 e. The summed E-state index contributed by atoms with van der Waals surface area (Å²) >= 11 is 0. The number of hydrogen-bond acceptors (Lipinski definition) is 4. The van der Waals surface area contributed by atoms with Gasteiger partial charge in [-0.1, -0.05) is 30.3 Å². The second-order valence-corrected chi connectivity index (χ2v) is 8.87. The van der Waals surface area contributed by atoms with Crippen LogP contribution in [-0.4, -0.2) is 79.5 Å². The molecule has 0 radical (unpaired) electrons. The number of piperidine rings is 1. The van der Waals surface area contributed by atoms with Crippen LogP contribution in [0.3, 0.4) is 0 Å². The van der Waals surface area contributed by atoms with Gasteiger partial charge in [0.15, 0.2) is 0 Å². The number of hydrogen-bond donors (Lipinski definition) is 1. The van der Waals surface area contributed by atoms with E-state index in [4.69, 9.17) is 0 Å². The van der Waals surface area contributed by atoms with Crippen molar-refractivity contribution in [3.63, 3.8) is 0 Å². The predicted octanol–water partition coefficient (Wildman–Crippen LogP) is 1.65. The normalized spacial score (nSPS) is 28.2. The number of benzene rings is 1. The summed E-state index contributed by atoms with van der Waals surface area (Å²) in [4.78, 5) is 20.3. The molecule has 0 bridgehead atoms. The quantitative estimate of drug-likeness (QED) is 0.827. The number of likely N-dealkylation sites (tertiary alicyclic amines) is 1. The van der Waals surface area contributed by atoms with E-state index in [1.807, 2.05) is 0 Å². The number of carbonyl (C=O) groups is 1. The molecular formula is C22H34N4O. The fourth-order valence-electron chi connectivity index (χ4n) is 4.54. The van der Waals surface area contributed by atoms with Crippen LogP contribution in [-0.2, 0) is 11.3 Å². The Balaban J connectivity index is 1.38. The first-order chi connectivity index (χ1) is 13.2. The molecule has 1 N–H and O–H groups in total. The van der Waals surface area contributed by atoms with Crippen molar-refractivity contribution in [3.05, 3.63) is 35.9 Å². The lowest BCUT2D eigenvalue weighted by molar-refractivity contribution is -0.128. The third-order valence-electron chi connectivity index (χ3n) is 6.27. The van der Waals surface area contributed by atoms with Crippen molar-refractivity contribution in [1.29, 1.82) is 0 Å². The summed E-state index contributed by atoms with van der Waals surface area (Å²) in [6.07, 6.45) is 3.37. The Morgan fingerprint density at radius 1 is 1.04 bits per heavy atom. The Morgan fingerprint density at radius 3 is 2.48 bits per heavy atom. The summed E-state index contributed by atoms with van der Waals surface area (Å²) in [6.45, 7) is 8.72. The maximum atomic E-state index is 12.8. The summed E-state index contributed by atoms with van der Waals surface area (Å²) in [5, 5.41) is 3.25. The Kier molecular flexibility index (Phi) is 6.11. The highest BCUT2D eigenvalue weighted by molar-refractivity contribution is 5.79. The topological polar surface area (TPSA) is 38.8 Å². The van der Waals surface area contributed by atoms with Crippen molar-refractivity contribution in [2.24, 2.45) is 11.8 Å². The Hall–Kier alpha value is -1.43. The van der Waals surface area contributed by atoms with Crippen LogP contribution in [0.1, 0.15) is 24.8 Å². The lowest BCUT2D eigenvalue weighted by Gasteiger charge is -2.41. The fraction of sp³-hybridized carbons (Fsp3) is 0.682. The minimum absolute atomic E-state index is 0.139. The molecule has 3 aliphatic rings. The first-order valence-corrected chi connectivity index (χ1v) is 10.6. The third-order valence-corrected chi connectivity index (χ3v) is 6.27. The highest BCUT2D eigenvalue weighted by atomic mass is 16.2. The molecule has 27 heavy (non-hydrogen) atoms. The van der Waals surface area contributed by atoms with Gasteiger partial charge in [0.05, 0.1) is 5.92 Å². The molecule has 1 amide bonds. The number of piperazine rings is 1. The molecular weight excluding hydrogens is 336 g/mol. The van der Waals surface area contributed by atoms with E-state index in [9.17, 15) is 4.79 Å². The number of amides is 1. The summed E-state index contributed by atoms with van der Waals surface area (Å²) in [5.74, 6) is 1.01. The average Bonchev–Trinajstić information content (AvgIpc) is 3.48. The molecule has 2 heterocycles. The molecule has 2 atom stereocenters. The van der Waals surface area contributed by atoms with Crippen molar-refractivity contribution in [2.75, 3.05) is 52.9 Å². The second kappa shape index (κ2) is 8.72. The van der Waals surface area contributed by atoms with Gasteiger partial charge in [-0.15, -0.1) is 0 Å². The maximum absolute atomic E-state index is 12.8. The molecule has 148 valence electrons. The van der Waals surface area contributed by atoms with Crippen molar-refractivity contribution < 1.29 is 4.79 Å². The van der Waals surface area contributed by atoms with Crippen LogP contribution < -0.4 is 5.32 Å². The fourth-order valence-corrected chi connectivity index (χ4v) is 4.54. The van der Waals surface area contributed by atoms with E-state index in [0.717, 1.165) is 71.6 Å². The molecule has 1 aliphatic carbocycles. The number of rotatable bonds is 6. The highest BCUT2D eigenvalue weighted by Crippen LogP contribution is 2.27. The van der Waals surface area contributed by atoms with Crippen molar-refractivity contribution >= 4 is 5.91 Å². The van der Waals surface area contributed by atoms with Crippen LogP contribution in [0.25, 0.3) is 0 Å². The number of likely N-dealkylation sites (N-methyl/N-ethyl adjacent to an activating group) is 1. The van der Waals surface area contributed by atoms with E-state index >= 15 is 0 Å². The molecule has 1 aromatic carbocycles. The van der Waals surface area contributed by atoms with Crippen LogP contribution in [0.2, 0.25) is 0 Å². The standard InChI is InChI=1S/C22H34N4O/c1-24-9-11-25(12-10-24)15-19-13-20(22(27)23-21-7-8-21)17-26(16-19)14-18-5-3-2-4-6-18/h2-6,19-21H,7-17H2,1H3,(H,23,27)/t19-,20-/m1/s1. The molecule has 0 unspecified atom stereocenters. The SMILES string of the molecule is CN1CCN(C[C@H]2C[C@@H](C(=O)NC3CC3)CN(Cc3ccccc3)C2)CC1. The zero-order chi connectivity index (χ0) is 18.6. The van der Waals surface area contributed by atoms with E-state index in [2.05, 4.69) is 57.4 Å². The lowest BCUT2D eigenvalue weighted by Crippen LogP contribution is -2.51. The van der Waals surface area contributed by atoms with Gasteiger partial charge in [-0.2, -0.15) is 0 Å². The Morgan fingerprint density at radius 2 is 1.78 bits per heavy atom. The first-order valence-electron chi connectivity index (χ1n) is 10.6. The van der Waals surface area contributed by atoms with Crippen LogP contribution in [0.15, 0.2) is 30.3 Å². The van der Waals surface area contributed by atoms with Gasteiger partial charge in [-0.25, -0.2) is 0 Å². The van der Waals surface area contributed by atoms with E-state index < -0.39 is 0 Å². The van der Waals surface area contributed by atoms with Gasteiger partial charge in [0.2, 0.25) is 5.91 Å². The molecule has 0 spiro atoms. The van der Waals surface area contributed by atoms with Crippen LogP contribution in [0.4, 0.5) is 0 Å². The summed E-state index contributed by atoms with van der Waals surface area (Å²) in [7, 11) is 2.21. The van der Waals surface area contributed by atoms with E-state index in [0.29, 0.717) is 17.9 Å². The first kappa shape index (κ1) is 18.9. The monoisotopic (exact) mass is 370 g/mol. The number of nitrogens with zero attached hydrogens (tertiary/aromatic N) is 3. The van der Waals surface area contributed by atoms with Gasteiger partial charge in [-0.05, 0) is 37.8 Å². The summed E-state index contributed by atoms with van der Waals surface area (Å²) in [5.41, 5.74) is 1.35. The van der Waals surface area contributed by atoms with Crippen molar-refractivity contribution in [3.8, 4) is 0 Å². The Bertz CT molecular complexity index is 610. The van der Waals surface area contributed by atoms with Crippen molar-refractivity contribution in [2.45, 2.75) is 31.8 Å². The van der Waals surface area contributed by atoms with Crippen LogP contribution in [0, 0.1) is 11.8 Å².